The summed E-state index contributed by atoms with van der Waals surface area (Å²) >= 11 is 0. The van der Waals surface area contributed by atoms with Gasteiger partial charge in [-0.25, -0.2) is 0 Å². The van der Waals surface area contributed by atoms with Crippen molar-refractivity contribution in [2.24, 2.45) is 5.73 Å². The molecular weight excluding hydrogens is 246 g/mol. The summed E-state index contributed by atoms with van der Waals surface area (Å²) < 4.78 is 0. The Morgan fingerprint density at radius 3 is 2.72 bits per heavy atom. The molecule has 1 aromatic carbocycles. The Morgan fingerprint density at radius 2 is 2.00 bits per heavy atom. The van der Waals surface area contributed by atoms with Crippen molar-refractivity contribution < 1.29 is 0 Å². The van der Waals surface area contributed by atoms with Crippen LogP contribution in [0.3, 0.4) is 0 Å². The SMILES string of the molecule is CC(CN)N(C)Cc1cccc2cccnc12.Cl. The van der Waals surface area contributed by atoms with Gasteiger partial charge >= 0.3 is 0 Å². The maximum Gasteiger partial charge on any atom is 0.0746 e. The number of pyridine rings is 1. The summed E-state index contributed by atoms with van der Waals surface area (Å²) in [6.07, 6.45) is 1.85. The normalized spacial score (nSPS) is 12.4. The molecule has 1 aromatic heterocycles. The van der Waals surface area contributed by atoms with Gasteiger partial charge in [-0.1, -0.05) is 24.3 Å². The minimum Gasteiger partial charge on any atom is -0.329 e. The van der Waals surface area contributed by atoms with Gasteiger partial charge in [-0.15, -0.1) is 12.4 Å². The molecule has 0 saturated heterocycles. The lowest BCUT2D eigenvalue weighted by atomic mass is 10.1. The molecule has 1 unspecified atom stereocenters. The summed E-state index contributed by atoms with van der Waals surface area (Å²) in [6, 6.07) is 10.8. The predicted octanol–water partition coefficient (Wildman–Crippen LogP) is 2.44. The standard InChI is InChI=1S/C14H19N3.ClH/c1-11(9-15)17(2)10-13-6-3-5-12-7-4-8-16-14(12)13;/h3-8,11H,9-10,15H2,1-2H3;1H. The van der Waals surface area contributed by atoms with E-state index in [9.17, 15) is 0 Å². The third-order valence-corrected chi connectivity index (χ3v) is 3.23. The Bertz CT molecular complexity index is 496. The van der Waals surface area contributed by atoms with E-state index in [2.05, 4.69) is 48.1 Å². The summed E-state index contributed by atoms with van der Waals surface area (Å²) in [5, 5.41) is 1.19. The summed E-state index contributed by atoms with van der Waals surface area (Å²) in [6.45, 7) is 3.69. The average molecular weight is 266 g/mol. The molecule has 0 saturated carbocycles. The molecule has 1 atom stereocenters. The van der Waals surface area contributed by atoms with Crippen LogP contribution < -0.4 is 5.73 Å². The first-order valence-corrected chi connectivity index (χ1v) is 5.95. The molecule has 2 rings (SSSR count). The highest BCUT2D eigenvalue weighted by Crippen LogP contribution is 2.17. The smallest absolute Gasteiger partial charge is 0.0746 e. The Morgan fingerprint density at radius 1 is 1.28 bits per heavy atom. The maximum atomic E-state index is 5.68. The minimum absolute atomic E-state index is 0. The Balaban J connectivity index is 0.00000162. The molecule has 98 valence electrons. The quantitative estimate of drug-likeness (QED) is 0.923. The molecule has 18 heavy (non-hydrogen) atoms. The van der Waals surface area contributed by atoms with Crippen LogP contribution in [0, 0.1) is 0 Å². The minimum atomic E-state index is 0. The fourth-order valence-corrected chi connectivity index (χ4v) is 1.90. The summed E-state index contributed by atoms with van der Waals surface area (Å²) in [5.74, 6) is 0. The fourth-order valence-electron chi connectivity index (χ4n) is 1.90. The van der Waals surface area contributed by atoms with E-state index in [0.717, 1.165) is 12.1 Å². The highest BCUT2D eigenvalue weighted by atomic mass is 35.5. The second-order valence-corrected chi connectivity index (χ2v) is 4.49. The summed E-state index contributed by atoms with van der Waals surface area (Å²) in [5.41, 5.74) is 8.03. The van der Waals surface area contributed by atoms with Gasteiger partial charge in [-0.3, -0.25) is 9.88 Å². The number of rotatable bonds is 4. The van der Waals surface area contributed by atoms with Gasteiger partial charge < -0.3 is 5.73 Å². The number of likely N-dealkylation sites (N-methyl/N-ethyl adjacent to an activating group) is 1. The number of hydrogen-bond donors (Lipinski definition) is 1. The van der Waals surface area contributed by atoms with Crippen molar-refractivity contribution in [1.29, 1.82) is 0 Å². The lowest BCUT2D eigenvalue weighted by Crippen LogP contribution is -2.34. The zero-order chi connectivity index (χ0) is 12.3. The number of benzene rings is 1. The van der Waals surface area contributed by atoms with Crippen LogP contribution >= 0.6 is 12.4 Å². The molecule has 1 heterocycles. The van der Waals surface area contributed by atoms with Crippen LogP contribution in [0.2, 0.25) is 0 Å². The fraction of sp³-hybridized carbons (Fsp3) is 0.357. The number of aromatic nitrogens is 1. The maximum absolute atomic E-state index is 5.68. The van der Waals surface area contributed by atoms with Gasteiger partial charge in [0.05, 0.1) is 5.52 Å². The number of fused-ring (bicyclic) bond motifs is 1. The van der Waals surface area contributed by atoms with Crippen LogP contribution in [0.25, 0.3) is 10.9 Å². The van der Waals surface area contributed by atoms with E-state index in [1.165, 1.54) is 10.9 Å². The van der Waals surface area contributed by atoms with Gasteiger partial charge in [0.2, 0.25) is 0 Å². The molecule has 0 radical (unpaired) electrons. The van der Waals surface area contributed by atoms with Crippen LogP contribution in [-0.4, -0.2) is 29.5 Å². The van der Waals surface area contributed by atoms with E-state index in [4.69, 9.17) is 5.73 Å². The van der Waals surface area contributed by atoms with Crippen LogP contribution in [0.15, 0.2) is 36.5 Å². The van der Waals surface area contributed by atoms with Gasteiger partial charge in [0.25, 0.3) is 0 Å². The Labute approximate surface area is 114 Å². The van der Waals surface area contributed by atoms with Gasteiger partial charge in [0.1, 0.15) is 0 Å². The van der Waals surface area contributed by atoms with Crippen LogP contribution in [0.1, 0.15) is 12.5 Å². The molecule has 0 spiro atoms. The van der Waals surface area contributed by atoms with E-state index >= 15 is 0 Å². The van der Waals surface area contributed by atoms with E-state index in [1.54, 1.807) is 0 Å². The van der Waals surface area contributed by atoms with E-state index < -0.39 is 0 Å². The van der Waals surface area contributed by atoms with Crippen molar-refractivity contribution in [2.45, 2.75) is 19.5 Å². The molecule has 2 N–H and O–H groups in total. The first-order chi connectivity index (χ1) is 8.22. The zero-order valence-electron chi connectivity index (χ0n) is 10.8. The molecule has 2 aromatic rings. The number of hydrogen-bond acceptors (Lipinski definition) is 3. The van der Waals surface area contributed by atoms with Gasteiger partial charge in [0, 0.05) is 30.7 Å². The van der Waals surface area contributed by atoms with E-state index in [-0.39, 0.29) is 12.4 Å². The average Bonchev–Trinajstić information content (AvgIpc) is 2.38. The molecule has 0 fully saturated rings. The number of nitrogens with two attached hydrogens (primary N) is 1. The van der Waals surface area contributed by atoms with Crippen LogP contribution in [0.5, 0.6) is 0 Å². The van der Waals surface area contributed by atoms with Gasteiger partial charge in [-0.05, 0) is 25.6 Å². The zero-order valence-corrected chi connectivity index (χ0v) is 11.7. The lowest BCUT2D eigenvalue weighted by Gasteiger charge is -2.23. The number of nitrogens with zero attached hydrogens (tertiary/aromatic N) is 2. The molecule has 0 aliphatic heterocycles. The molecular formula is C14H20ClN3. The highest BCUT2D eigenvalue weighted by Gasteiger charge is 2.09. The molecule has 4 heteroatoms. The Hall–Kier alpha value is -1.16. The summed E-state index contributed by atoms with van der Waals surface area (Å²) in [7, 11) is 2.10. The molecule has 0 bridgehead atoms. The van der Waals surface area contributed by atoms with Crippen molar-refractivity contribution >= 4 is 23.3 Å². The molecule has 3 nitrogen and oxygen atoms in total. The largest absolute Gasteiger partial charge is 0.329 e. The molecule has 0 aliphatic rings. The number of halogens is 1. The van der Waals surface area contributed by atoms with Crippen molar-refractivity contribution in [2.75, 3.05) is 13.6 Å². The van der Waals surface area contributed by atoms with Gasteiger partial charge in [0.15, 0.2) is 0 Å². The second kappa shape index (κ2) is 6.69. The third kappa shape index (κ3) is 3.19. The first-order valence-electron chi connectivity index (χ1n) is 5.95. The van der Waals surface area contributed by atoms with Crippen molar-refractivity contribution in [3.05, 3.63) is 42.1 Å². The van der Waals surface area contributed by atoms with Gasteiger partial charge in [-0.2, -0.15) is 0 Å². The topological polar surface area (TPSA) is 42.1 Å². The van der Waals surface area contributed by atoms with E-state index in [0.29, 0.717) is 12.6 Å². The molecule has 0 aliphatic carbocycles. The highest BCUT2D eigenvalue weighted by molar-refractivity contribution is 5.85. The van der Waals surface area contributed by atoms with Crippen LogP contribution in [-0.2, 0) is 6.54 Å². The van der Waals surface area contributed by atoms with E-state index in [1.807, 2.05) is 12.3 Å². The van der Waals surface area contributed by atoms with Crippen molar-refractivity contribution in [3.63, 3.8) is 0 Å². The monoisotopic (exact) mass is 265 g/mol. The van der Waals surface area contributed by atoms with Crippen LogP contribution in [0.4, 0.5) is 0 Å². The predicted molar refractivity (Wildman–Crippen MR) is 79.0 cm³/mol. The van der Waals surface area contributed by atoms with Crippen molar-refractivity contribution in [1.82, 2.24) is 9.88 Å². The second-order valence-electron chi connectivity index (χ2n) is 4.49. The lowest BCUT2D eigenvalue weighted by molar-refractivity contribution is 0.255. The number of para-hydroxylation sites is 1. The summed E-state index contributed by atoms with van der Waals surface area (Å²) in [4.78, 5) is 6.71. The molecule has 0 amide bonds. The Kier molecular flexibility index (Phi) is 5.54. The third-order valence-electron chi connectivity index (χ3n) is 3.23. The first kappa shape index (κ1) is 14.9. The van der Waals surface area contributed by atoms with Crippen molar-refractivity contribution in [3.8, 4) is 0 Å².